The summed E-state index contributed by atoms with van der Waals surface area (Å²) < 4.78 is 0. The summed E-state index contributed by atoms with van der Waals surface area (Å²) in [5.74, 6) is 0.262. The largest absolute Gasteiger partial charge is 0.368 e. The maximum Gasteiger partial charge on any atom is 0.255 e. The van der Waals surface area contributed by atoms with E-state index in [9.17, 15) is 4.79 Å². The van der Waals surface area contributed by atoms with E-state index in [2.05, 4.69) is 31.9 Å². The van der Waals surface area contributed by atoms with Crippen LogP contribution in [-0.2, 0) is 6.42 Å². The van der Waals surface area contributed by atoms with Crippen molar-refractivity contribution in [1.82, 2.24) is 29.7 Å². The number of nitrogens with zero attached hydrogens (tertiary/aromatic N) is 5. The number of piperazine rings is 1. The normalized spacial score (nSPS) is 15.4. The minimum atomic E-state index is 0.0149. The summed E-state index contributed by atoms with van der Waals surface area (Å²) in [6.45, 7) is 5.26. The summed E-state index contributed by atoms with van der Waals surface area (Å²) in [6, 6.07) is 3.81. The van der Waals surface area contributed by atoms with Crippen LogP contribution in [0.4, 0.5) is 5.95 Å². The molecule has 4 rings (SSSR count). The standard InChI is InChI=1S/C19H23N7O/c1-3-13-9-16(24-19(20)23-13)15-11-22-17-14(15)8-12(10-21-17)18(27)26-6-4-25(2)5-7-26/h8-11H,3-7H2,1-2H3,(H,21,22)(H2,20,23,24). The third kappa shape index (κ3) is 3.35. The summed E-state index contributed by atoms with van der Waals surface area (Å²) in [7, 11) is 2.07. The molecule has 0 atom stereocenters. The molecule has 0 unspecified atom stereocenters. The van der Waals surface area contributed by atoms with Gasteiger partial charge in [0, 0.05) is 55.2 Å². The Kier molecular flexibility index (Phi) is 4.49. The first-order valence-electron chi connectivity index (χ1n) is 9.14. The van der Waals surface area contributed by atoms with Crippen molar-refractivity contribution >= 4 is 22.9 Å². The number of aromatic amines is 1. The molecular weight excluding hydrogens is 342 g/mol. The number of pyridine rings is 1. The Morgan fingerprint density at radius 3 is 2.74 bits per heavy atom. The van der Waals surface area contributed by atoms with E-state index in [0.717, 1.165) is 60.6 Å². The number of H-pyrrole nitrogens is 1. The highest BCUT2D eigenvalue weighted by Crippen LogP contribution is 2.28. The Labute approximate surface area is 157 Å². The van der Waals surface area contributed by atoms with Gasteiger partial charge in [-0.3, -0.25) is 4.79 Å². The van der Waals surface area contributed by atoms with Gasteiger partial charge in [0.1, 0.15) is 5.65 Å². The van der Waals surface area contributed by atoms with E-state index in [-0.39, 0.29) is 11.9 Å². The molecule has 1 amide bonds. The predicted octanol–water partition coefficient (Wildman–Crippen LogP) is 1.55. The van der Waals surface area contributed by atoms with Crippen LogP contribution in [0.5, 0.6) is 0 Å². The van der Waals surface area contributed by atoms with Crippen molar-refractivity contribution in [3.05, 3.63) is 35.8 Å². The number of hydrogen-bond acceptors (Lipinski definition) is 6. The molecule has 140 valence electrons. The van der Waals surface area contributed by atoms with E-state index in [0.29, 0.717) is 5.56 Å². The number of fused-ring (bicyclic) bond motifs is 1. The number of hydrogen-bond donors (Lipinski definition) is 2. The molecule has 3 aromatic rings. The van der Waals surface area contributed by atoms with Crippen LogP contribution in [-0.4, -0.2) is 68.9 Å². The summed E-state index contributed by atoms with van der Waals surface area (Å²) in [4.78, 5) is 33.2. The fourth-order valence-corrected chi connectivity index (χ4v) is 3.36. The Morgan fingerprint density at radius 1 is 1.22 bits per heavy atom. The fraction of sp³-hybridized carbons (Fsp3) is 0.368. The number of carbonyl (C=O) groups excluding carboxylic acids is 1. The molecule has 0 aromatic carbocycles. The molecule has 0 saturated carbocycles. The van der Waals surface area contributed by atoms with Crippen LogP contribution in [0.2, 0.25) is 0 Å². The molecule has 0 bridgehead atoms. The first-order chi connectivity index (χ1) is 13.0. The van der Waals surface area contributed by atoms with Crippen LogP contribution in [0.1, 0.15) is 23.0 Å². The van der Waals surface area contributed by atoms with Gasteiger partial charge >= 0.3 is 0 Å². The van der Waals surface area contributed by atoms with Gasteiger partial charge in [-0.1, -0.05) is 6.92 Å². The zero-order valence-corrected chi connectivity index (χ0v) is 15.6. The van der Waals surface area contributed by atoms with Crippen LogP contribution in [0, 0.1) is 0 Å². The van der Waals surface area contributed by atoms with Crippen molar-refractivity contribution in [2.75, 3.05) is 39.0 Å². The molecule has 27 heavy (non-hydrogen) atoms. The number of carbonyl (C=O) groups is 1. The second-order valence-electron chi connectivity index (χ2n) is 6.87. The summed E-state index contributed by atoms with van der Waals surface area (Å²) in [6.07, 6.45) is 4.26. The van der Waals surface area contributed by atoms with Crippen LogP contribution in [0.3, 0.4) is 0 Å². The second-order valence-corrected chi connectivity index (χ2v) is 6.87. The summed E-state index contributed by atoms with van der Waals surface area (Å²) >= 11 is 0. The number of nitrogens with one attached hydrogen (secondary N) is 1. The molecule has 4 heterocycles. The van der Waals surface area contributed by atoms with Crippen molar-refractivity contribution in [2.45, 2.75) is 13.3 Å². The monoisotopic (exact) mass is 365 g/mol. The number of rotatable bonds is 3. The van der Waals surface area contributed by atoms with Gasteiger partial charge in [-0.05, 0) is 25.6 Å². The fourth-order valence-electron chi connectivity index (χ4n) is 3.36. The molecule has 1 aliphatic heterocycles. The van der Waals surface area contributed by atoms with Crippen molar-refractivity contribution in [3.63, 3.8) is 0 Å². The Balaban J connectivity index is 1.71. The number of nitrogens with two attached hydrogens (primary N) is 1. The van der Waals surface area contributed by atoms with E-state index in [1.165, 1.54) is 0 Å². The number of nitrogen functional groups attached to an aromatic ring is 1. The average molecular weight is 365 g/mol. The summed E-state index contributed by atoms with van der Waals surface area (Å²) in [5, 5.41) is 0.857. The van der Waals surface area contributed by atoms with Crippen molar-refractivity contribution in [1.29, 1.82) is 0 Å². The summed E-state index contributed by atoms with van der Waals surface area (Å²) in [5.41, 5.74) is 9.65. The molecule has 0 radical (unpaired) electrons. The van der Waals surface area contributed by atoms with Gasteiger partial charge in [-0.25, -0.2) is 15.0 Å². The number of aryl methyl sites for hydroxylation is 1. The van der Waals surface area contributed by atoms with E-state index in [4.69, 9.17) is 5.73 Å². The molecule has 3 aromatic heterocycles. The average Bonchev–Trinajstić information content (AvgIpc) is 3.10. The first kappa shape index (κ1) is 17.4. The first-order valence-corrected chi connectivity index (χ1v) is 9.14. The number of amides is 1. The van der Waals surface area contributed by atoms with E-state index in [1.54, 1.807) is 6.20 Å². The lowest BCUT2D eigenvalue weighted by molar-refractivity contribution is 0.0664. The quantitative estimate of drug-likeness (QED) is 0.730. The van der Waals surface area contributed by atoms with E-state index in [1.807, 2.05) is 30.2 Å². The lowest BCUT2D eigenvalue weighted by Crippen LogP contribution is -2.47. The van der Waals surface area contributed by atoms with Crippen LogP contribution < -0.4 is 5.73 Å². The highest BCUT2D eigenvalue weighted by atomic mass is 16.2. The highest BCUT2D eigenvalue weighted by molar-refractivity contribution is 6.00. The van der Waals surface area contributed by atoms with Gasteiger partial charge < -0.3 is 20.5 Å². The Bertz CT molecular complexity index is 989. The Morgan fingerprint density at radius 2 is 2.00 bits per heavy atom. The molecule has 3 N–H and O–H groups in total. The van der Waals surface area contributed by atoms with Crippen molar-refractivity contribution in [3.8, 4) is 11.3 Å². The lowest BCUT2D eigenvalue weighted by Gasteiger charge is -2.32. The van der Waals surface area contributed by atoms with Crippen LogP contribution >= 0.6 is 0 Å². The Hall–Kier alpha value is -3.00. The van der Waals surface area contributed by atoms with Crippen LogP contribution in [0.15, 0.2) is 24.5 Å². The van der Waals surface area contributed by atoms with Gasteiger partial charge in [0.25, 0.3) is 5.91 Å². The zero-order chi connectivity index (χ0) is 19.0. The van der Waals surface area contributed by atoms with E-state index >= 15 is 0 Å². The number of aromatic nitrogens is 4. The molecule has 1 fully saturated rings. The molecule has 0 aliphatic carbocycles. The maximum atomic E-state index is 12.9. The third-order valence-electron chi connectivity index (χ3n) is 5.00. The van der Waals surface area contributed by atoms with Gasteiger partial charge in [-0.15, -0.1) is 0 Å². The molecule has 8 nitrogen and oxygen atoms in total. The molecule has 0 spiro atoms. The van der Waals surface area contributed by atoms with Gasteiger partial charge in [0.2, 0.25) is 5.95 Å². The van der Waals surface area contributed by atoms with Crippen molar-refractivity contribution in [2.24, 2.45) is 0 Å². The molecule has 8 heteroatoms. The number of likely N-dealkylation sites (N-methyl/N-ethyl adjacent to an activating group) is 1. The van der Waals surface area contributed by atoms with Crippen molar-refractivity contribution < 1.29 is 4.79 Å². The third-order valence-corrected chi connectivity index (χ3v) is 5.00. The minimum absolute atomic E-state index is 0.0149. The number of anilines is 1. The topological polar surface area (TPSA) is 104 Å². The van der Waals surface area contributed by atoms with E-state index < -0.39 is 0 Å². The van der Waals surface area contributed by atoms with Gasteiger partial charge in [0.05, 0.1) is 11.3 Å². The lowest BCUT2D eigenvalue weighted by atomic mass is 10.1. The molecular formula is C19H23N7O. The smallest absolute Gasteiger partial charge is 0.255 e. The van der Waals surface area contributed by atoms with Crippen LogP contribution in [0.25, 0.3) is 22.3 Å². The zero-order valence-electron chi connectivity index (χ0n) is 15.6. The second kappa shape index (κ2) is 6.96. The maximum absolute atomic E-state index is 12.9. The minimum Gasteiger partial charge on any atom is -0.368 e. The van der Waals surface area contributed by atoms with Gasteiger partial charge in [-0.2, -0.15) is 0 Å². The molecule has 1 saturated heterocycles. The van der Waals surface area contributed by atoms with Gasteiger partial charge in [0.15, 0.2) is 0 Å². The SMILES string of the molecule is CCc1cc(-c2c[nH]c3ncc(C(=O)N4CCN(C)CC4)cc23)nc(N)n1. The highest BCUT2D eigenvalue weighted by Gasteiger charge is 2.21. The molecule has 1 aliphatic rings. The predicted molar refractivity (Wildman–Crippen MR) is 104 cm³/mol.